The quantitative estimate of drug-likeness (QED) is 0.779. The summed E-state index contributed by atoms with van der Waals surface area (Å²) in [5, 5.41) is 15.2. The number of carbonyl (C=O) groups is 1. The molecular weight excluding hydrogens is 254 g/mol. The third kappa shape index (κ3) is 4.15. The van der Waals surface area contributed by atoms with Crippen LogP contribution in [0.15, 0.2) is 6.07 Å². The smallest absolute Gasteiger partial charge is 0.320 e. The molecule has 0 aliphatic rings. The van der Waals surface area contributed by atoms with Crippen LogP contribution in [0.1, 0.15) is 20.8 Å². The molecule has 2 amide bonds. The largest absolute Gasteiger partial charge is 0.480 e. The van der Waals surface area contributed by atoms with Gasteiger partial charge >= 0.3 is 6.03 Å². The van der Waals surface area contributed by atoms with Crippen LogP contribution in [0.4, 0.5) is 9.80 Å². The molecule has 102 valence electrons. The second-order valence-electron chi connectivity index (χ2n) is 4.93. The second-order valence-corrected chi connectivity index (χ2v) is 5.74. The summed E-state index contributed by atoms with van der Waals surface area (Å²) >= 11 is 1.14. The predicted molar refractivity (Wildman–Crippen MR) is 71.1 cm³/mol. The van der Waals surface area contributed by atoms with E-state index in [1.165, 1.54) is 7.11 Å². The van der Waals surface area contributed by atoms with Crippen molar-refractivity contribution in [2.45, 2.75) is 26.8 Å². The Kier molecular flexibility index (Phi) is 4.92. The van der Waals surface area contributed by atoms with Crippen LogP contribution in [0, 0.1) is 5.41 Å². The Morgan fingerprint density at radius 2 is 2.28 bits per heavy atom. The molecule has 1 rings (SSSR count). The molecule has 3 N–H and O–H groups in total. The number of nitrogens with one attached hydrogen (secondary N) is 2. The van der Waals surface area contributed by atoms with E-state index < -0.39 is 0 Å². The number of methoxy groups -OCH3 is 1. The Balaban J connectivity index is 2.55. The molecule has 1 heterocycles. The summed E-state index contributed by atoms with van der Waals surface area (Å²) in [5.74, 6) is 0.463. The average Bonchev–Trinajstić information content (AvgIpc) is 2.72. The lowest BCUT2D eigenvalue weighted by Crippen LogP contribution is -2.47. The van der Waals surface area contributed by atoms with Gasteiger partial charge in [0, 0.05) is 6.07 Å². The van der Waals surface area contributed by atoms with Crippen molar-refractivity contribution in [2.24, 2.45) is 5.41 Å². The molecule has 0 bridgehead atoms. The fraction of sp³-hybridized carbons (Fsp3) is 0.636. The second kappa shape index (κ2) is 6.01. The van der Waals surface area contributed by atoms with Crippen LogP contribution < -0.4 is 15.4 Å². The van der Waals surface area contributed by atoms with E-state index in [4.69, 9.17) is 4.74 Å². The summed E-state index contributed by atoms with van der Waals surface area (Å²) in [6.07, 6.45) is 0. The first-order valence-electron chi connectivity index (χ1n) is 5.56. The van der Waals surface area contributed by atoms with Gasteiger partial charge in [-0.15, -0.1) is 0 Å². The van der Waals surface area contributed by atoms with Gasteiger partial charge in [0.1, 0.15) is 5.00 Å². The Morgan fingerprint density at radius 1 is 1.61 bits per heavy atom. The lowest BCUT2D eigenvalue weighted by Gasteiger charge is -2.29. The van der Waals surface area contributed by atoms with Crippen LogP contribution in [0.3, 0.4) is 0 Å². The number of carbonyl (C=O) groups excluding carboxylic acids is 1. The van der Waals surface area contributed by atoms with E-state index in [9.17, 15) is 9.90 Å². The number of urea groups is 1. The normalized spacial score (nSPS) is 12.9. The zero-order chi connectivity index (χ0) is 13.8. The molecule has 0 radical (unpaired) electrons. The van der Waals surface area contributed by atoms with Gasteiger partial charge in [0.2, 0.25) is 5.88 Å². The lowest BCUT2D eigenvalue weighted by molar-refractivity contribution is 0.162. The number of aliphatic hydroxyl groups excluding tert-OH is 1. The molecule has 0 saturated heterocycles. The molecule has 1 aromatic rings. The maximum atomic E-state index is 11.7. The van der Waals surface area contributed by atoms with Crippen molar-refractivity contribution in [1.82, 2.24) is 9.69 Å². The topological polar surface area (TPSA) is 83.5 Å². The predicted octanol–water partition coefficient (Wildman–Crippen LogP) is 1.68. The van der Waals surface area contributed by atoms with Gasteiger partial charge in [0.15, 0.2) is 0 Å². The molecule has 6 nitrogen and oxygen atoms in total. The van der Waals surface area contributed by atoms with E-state index in [1.807, 2.05) is 20.8 Å². The summed E-state index contributed by atoms with van der Waals surface area (Å²) in [5.41, 5.74) is -0.211. The molecule has 1 aromatic heterocycles. The van der Waals surface area contributed by atoms with Crippen LogP contribution in [0.5, 0.6) is 5.88 Å². The molecule has 0 aliphatic carbocycles. The first-order valence-corrected chi connectivity index (χ1v) is 6.33. The van der Waals surface area contributed by atoms with Gasteiger partial charge in [-0.3, -0.25) is 5.32 Å². The Morgan fingerprint density at radius 3 is 2.72 bits per heavy atom. The van der Waals surface area contributed by atoms with Crippen molar-refractivity contribution in [3.05, 3.63) is 6.07 Å². The number of aromatic nitrogens is 1. The number of amides is 2. The zero-order valence-electron chi connectivity index (χ0n) is 11.0. The zero-order valence-corrected chi connectivity index (χ0v) is 11.8. The van der Waals surface area contributed by atoms with Crippen LogP contribution in [-0.4, -0.2) is 35.3 Å². The van der Waals surface area contributed by atoms with Crippen molar-refractivity contribution in [2.75, 3.05) is 19.0 Å². The van der Waals surface area contributed by atoms with E-state index in [0.717, 1.165) is 11.5 Å². The van der Waals surface area contributed by atoms with Gasteiger partial charge in [-0.1, -0.05) is 20.8 Å². The monoisotopic (exact) mass is 273 g/mol. The average molecular weight is 273 g/mol. The molecular formula is C11H19N3O3S. The summed E-state index contributed by atoms with van der Waals surface area (Å²) in [7, 11) is 1.51. The van der Waals surface area contributed by atoms with Crippen molar-refractivity contribution in [1.29, 1.82) is 0 Å². The van der Waals surface area contributed by atoms with Crippen LogP contribution >= 0.6 is 11.5 Å². The number of rotatable bonds is 4. The number of anilines is 1. The van der Waals surface area contributed by atoms with Gasteiger partial charge in [-0.05, 0) is 16.9 Å². The molecule has 0 aliphatic heterocycles. The minimum absolute atomic E-state index is 0.108. The number of nitrogens with zero attached hydrogens (tertiary/aromatic N) is 1. The molecule has 1 atom stereocenters. The van der Waals surface area contributed by atoms with Crippen LogP contribution in [0.25, 0.3) is 0 Å². The maximum absolute atomic E-state index is 11.7. The minimum atomic E-state index is -0.365. The number of ether oxygens (including phenoxy) is 1. The summed E-state index contributed by atoms with van der Waals surface area (Å²) in [4.78, 5) is 11.7. The number of aliphatic hydroxyl groups is 1. The van der Waals surface area contributed by atoms with Crippen molar-refractivity contribution in [3.63, 3.8) is 0 Å². The molecule has 0 fully saturated rings. The molecule has 0 saturated carbocycles. The Hall–Kier alpha value is -1.34. The fourth-order valence-electron chi connectivity index (χ4n) is 1.26. The molecule has 18 heavy (non-hydrogen) atoms. The van der Waals surface area contributed by atoms with Gasteiger partial charge in [-0.2, -0.15) is 4.37 Å². The molecule has 7 heteroatoms. The summed E-state index contributed by atoms with van der Waals surface area (Å²) in [6.45, 7) is 5.74. The molecule has 0 spiro atoms. The highest BCUT2D eigenvalue weighted by Crippen LogP contribution is 2.22. The highest BCUT2D eigenvalue weighted by Gasteiger charge is 2.25. The first kappa shape index (κ1) is 14.7. The maximum Gasteiger partial charge on any atom is 0.320 e. The van der Waals surface area contributed by atoms with Gasteiger partial charge in [0.25, 0.3) is 0 Å². The lowest BCUT2D eigenvalue weighted by atomic mass is 9.87. The number of hydrogen-bond acceptors (Lipinski definition) is 5. The SMILES string of the molecule is COc1cc(NC(=O)NC(CO)C(C)(C)C)sn1. The summed E-state index contributed by atoms with van der Waals surface area (Å²) < 4.78 is 8.88. The molecule has 0 aromatic carbocycles. The van der Waals surface area contributed by atoms with E-state index in [-0.39, 0.29) is 24.1 Å². The van der Waals surface area contributed by atoms with Crippen molar-refractivity contribution in [3.8, 4) is 5.88 Å². The first-order chi connectivity index (χ1) is 8.36. The molecule has 1 unspecified atom stereocenters. The van der Waals surface area contributed by atoms with Crippen molar-refractivity contribution >= 4 is 22.6 Å². The van der Waals surface area contributed by atoms with E-state index in [0.29, 0.717) is 10.9 Å². The van der Waals surface area contributed by atoms with Gasteiger partial charge in [-0.25, -0.2) is 4.79 Å². The summed E-state index contributed by atoms with van der Waals surface area (Å²) in [6, 6.07) is 0.956. The highest BCUT2D eigenvalue weighted by atomic mass is 32.1. The van der Waals surface area contributed by atoms with E-state index in [1.54, 1.807) is 6.07 Å². The van der Waals surface area contributed by atoms with Crippen LogP contribution in [0.2, 0.25) is 0 Å². The fourth-order valence-corrected chi connectivity index (χ4v) is 1.86. The third-order valence-electron chi connectivity index (χ3n) is 2.47. The third-order valence-corrected chi connectivity index (χ3v) is 3.16. The van der Waals surface area contributed by atoms with Crippen molar-refractivity contribution < 1.29 is 14.6 Å². The number of hydrogen-bond donors (Lipinski definition) is 3. The van der Waals surface area contributed by atoms with E-state index in [2.05, 4.69) is 15.0 Å². The Labute approximate surface area is 111 Å². The van der Waals surface area contributed by atoms with E-state index >= 15 is 0 Å². The Bertz CT molecular complexity index is 400. The minimum Gasteiger partial charge on any atom is -0.480 e. The standard InChI is InChI=1S/C11H19N3O3S/c1-11(2,3)7(6-15)12-10(16)13-9-5-8(17-4)14-18-9/h5,7,15H,6H2,1-4H3,(H2,12,13,16). The highest BCUT2D eigenvalue weighted by molar-refractivity contribution is 7.10. The van der Waals surface area contributed by atoms with Gasteiger partial charge in [0.05, 0.1) is 19.8 Å². The van der Waals surface area contributed by atoms with Gasteiger partial charge < -0.3 is 15.2 Å². The van der Waals surface area contributed by atoms with Crippen LogP contribution in [-0.2, 0) is 0 Å².